The average Bonchev–Trinajstić information content (AvgIpc) is 1.61. The maximum Gasteiger partial charge on any atom is 0.335 e. The van der Waals surface area contributed by atoms with Gasteiger partial charge in [-0.25, -0.2) is 38.3 Å². The molecule has 10 rings (SSSR count). The van der Waals surface area contributed by atoms with Gasteiger partial charge in [-0.3, -0.25) is 62.7 Å². The lowest BCUT2D eigenvalue weighted by Gasteiger charge is -2.26. The van der Waals surface area contributed by atoms with Crippen LogP contribution in [0.25, 0.3) is 33.7 Å². The summed E-state index contributed by atoms with van der Waals surface area (Å²) >= 11 is 5.05. The fourth-order valence-electron chi connectivity index (χ4n) is 12.3. The molecule has 654 valence electrons. The second-order valence-electron chi connectivity index (χ2n) is 28.2. The second-order valence-corrected chi connectivity index (χ2v) is 32.9. The second kappa shape index (κ2) is 52.0. The van der Waals surface area contributed by atoms with Crippen LogP contribution < -0.4 is 43.3 Å². The number of carboxylic acid groups (broad SMARTS) is 2. The van der Waals surface area contributed by atoms with Gasteiger partial charge in [-0.1, -0.05) is 24.3 Å². The number of unbranched alkanes of at least 4 members (excludes halogenated alkanes) is 1. The van der Waals surface area contributed by atoms with E-state index in [1.807, 2.05) is 39.8 Å². The van der Waals surface area contributed by atoms with Crippen molar-refractivity contribution in [1.29, 1.82) is 0 Å². The number of nitrogens with one attached hydrogen (secondary N) is 6. The lowest BCUT2D eigenvalue weighted by atomic mass is 10.0. The zero-order chi connectivity index (χ0) is 84.8. The summed E-state index contributed by atoms with van der Waals surface area (Å²) in [6.45, 7) is 11.7. The van der Waals surface area contributed by atoms with Crippen molar-refractivity contribution in [1.82, 2.24) is 70.1 Å². The standard InChI is InChI=1S/C70H94N12O18S2.C5H5NO2S.C5H5NS.2H2O/c1-69(2)59(75-45-101-69)63(87)77-53(65(89)90)41-47-15-19-49(20-16-47)81-61-55(13-7-25-73-61)79(67(81)93)43-52(84)12-9-30-96-37-38-98-32-23-51(83)11-5-6-29-95-35-36-97-31-10-27-71-57(85)24-33-99-39-40-100-34-28-72-58(86)44-80-56-14-8-26-74-62(56)82(68(80)94)50-21-17-48(18-22-50)42-54(66(91)92)78-64(88)60-70(3,4)102-46-76-60;7-9(8)5-2-1-3-6-4-5;7-5-2-1-3-6-4-5;;/h7-8,13-22,25-26,53-54,59-60,75-76H,5-6,9-12,23-24,27-46H2,1-4H3,(H,71,85)(H,72,86)(H,77,87)(H,78,88)(H,89,90)(H,91,92);1-4H,(H,7,8);1-4,7H;2*1H2/p-1/t53-,54-,59+,60+;;;;/m0..../s1. The van der Waals surface area contributed by atoms with Gasteiger partial charge in [-0.05, 0) is 148 Å². The molecule has 5 atom stereocenters. The minimum absolute atomic E-state index is 0. The highest BCUT2D eigenvalue weighted by Crippen LogP contribution is 2.34. The van der Waals surface area contributed by atoms with Gasteiger partial charge < -0.3 is 75.4 Å². The molecular formula is C80H107N14O22S4-. The molecule has 36 nitrogen and oxygen atoms in total. The number of thioether (sulfide) groups is 2. The summed E-state index contributed by atoms with van der Waals surface area (Å²) < 4.78 is 58.6. The molecule has 12 N–H and O–H groups in total. The number of thiol groups is 1. The summed E-state index contributed by atoms with van der Waals surface area (Å²) in [6.07, 6.45) is 12.9. The number of hydrogen-bond acceptors (Lipinski definition) is 27. The Bertz CT molecular complexity index is 4460. The fraction of sp³-hybridized carbons (Fsp3) is 0.475. The molecule has 1 unspecified atom stereocenters. The van der Waals surface area contributed by atoms with Crippen LogP contribution in [-0.2, 0) is 104 Å². The van der Waals surface area contributed by atoms with E-state index >= 15 is 0 Å². The summed E-state index contributed by atoms with van der Waals surface area (Å²) in [5.41, 5.74) is 2.87. The molecule has 0 saturated carbocycles. The number of amides is 4. The van der Waals surface area contributed by atoms with Crippen molar-refractivity contribution in [2.45, 2.75) is 148 Å². The summed E-state index contributed by atoms with van der Waals surface area (Å²) in [7, 11) is 0. The van der Waals surface area contributed by atoms with Gasteiger partial charge in [0.15, 0.2) is 17.1 Å². The summed E-state index contributed by atoms with van der Waals surface area (Å²) in [5, 5.41) is 37.0. The predicted molar refractivity (Wildman–Crippen MR) is 452 cm³/mol. The van der Waals surface area contributed by atoms with Gasteiger partial charge in [0.25, 0.3) is 0 Å². The first-order valence-electron chi connectivity index (χ1n) is 38.6. The van der Waals surface area contributed by atoms with E-state index in [-0.39, 0.29) is 128 Å². The Labute approximate surface area is 709 Å². The van der Waals surface area contributed by atoms with Gasteiger partial charge in [0, 0.05) is 140 Å². The molecule has 2 fully saturated rings. The van der Waals surface area contributed by atoms with Crippen molar-refractivity contribution in [3.63, 3.8) is 0 Å². The molecule has 120 heavy (non-hydrogen) atoms. The van der Waals surface area contributed by atoms with Gasteiger partial charge in [0.2, 0.25) is 23.6 Å². The molecule has 4 amide bonds. The van der Waals surface area contributed by atoms with Crippen LogP contribution in [0.4, 0.5) is 0 Å². The molecule has 0 spiro atoms. The number of carboxylic acids is 2. The number of ether oxygens (including phenoxy) is 6. The van der Waals surface area contributed by atoms with Crippen molar-refractivity contribution in [3.05, 3.63) is 166 Å². The number of pyridine rings is 4. The van der Waals surface area contributed by atoms with Gasteiger partial charge in [-0.15, -0.1) is 36.2 Å². The molecule has 8 aromatic rings. The molecule has 0 bridgehead atoms. The lowest BCUT2D eigenvalue weighted by Crippen LogP contribution is -2.54. The van der Waals surface area contributed by atoms with E-state index < -0.39 is 69.2 Å². The van der Waals surface area contributed by atoms with Crippen LogP contribution in [0, 0.1) is 0 Å². The maximum absolute atomic E-state index is 13.8. The molecular weight excluding hydrogens is 1640 g/mol. The highest BCUT2D eigenvalue weighted by atomic mass is 32.2. The highest BCUT2D eigenvalue weighted by Gasteiger charge is 2.43. The van der Waals surface area contributed by atoms with E-state index in [0.29, 0.717) is 141 Å². The topological polar surface area (TPSA) is 513 Å². The average molecular weight is 1750 g/mol. The largest absolute Gasteiger partial charge is 0.768 e. The third-order valence-corrected chi connectivity index (χ3v) is 22.0. The first-order chi connectivity index (χ1) is 56.8. The SMILES string of the molecule is CC1(C)SCN[C@@H]1C(=O)N[C@@H](Cc1ccc(-n2c(=O)n(CC(=O)CCCOCCOCCC(=O)CCCCOCCOCCCNC(=O)CCOCCOCCNC(=O)Cn3c(=O)n(-c4ccc(C[C@H](NC(=O)[C@H]5NCSC5(C)C)C(=O)O)cc4)c4ncccc43)c3cccnc32)cc1)C(=O)O.O.O.O=S([O-])c1cccnc1.Sc1cccnc1. The van der Waals surface area contributed by atoms with Crippen LogP contribution in [0.5, 0.6) is 0 Å². The van der Waals surface area contributed by atoms with E-state index in [1.165, 1.54) is 36.7 Å². The van der Waals surface area contributed by atoms with Gasteiger partial charge in [0.05, 0.1) is 88.4 Å². The zero-order valence-corrected chi connectivity index (χ0v) is 70.6. The van der Waals surface area contributed by atoms with Crippen LogP contribution >= 0.6 is 36.2 Å². The van der Waals surface area contributed by atoms with E-state index in [4.69, 9.17) is 28.4 Å². The number of ketones is 2. The van der Waals surface area contributed by atoms with Crippen molar-refractivity contribution in [2.75, 3.05) is 104 Å². The van der Waals surface area contributed by atoms with E-state index in [9.17, 15) is 66.9 Å². The Kier molecular flexibility index (Phi) is 43.0. The van der Waals surface area contributed by atoms with Crippen LogP contribution in [0.15, 0.2) is 154 Å². The zero-order valence-electron chi connectivity index (χ0n) is 67.3. The van der Waals surface area contributed by atoms with E-state index in [1.54, 1.807) is 127 Å². The minimum atomic E-state index is -2.14. The number of fused-ring (bicyclic) bond motifs is 2. The Morgan fingerprint density at radius 2 is 0.967 bits per heavy atom. The van der Waals surface area contributed by atoms with Crippen molar-refractivity contribution in [2.24, 2.45) is 0 Å². The number of hydrogen-bond donors (Lipinski definition) is 9. The first-order valence-corrected chi connectivity index (χ1v) is 42.0. The van der Waals surface area contributed by atoms with E-state index in [2.05, 4.69) is 64.5 Å². The number of imidazole rings is 2. The number of carbonyl (C=O) groups is 8. The van der Waals surface area contributed by atoms with Crippen LogP contribution in [-0.4, -0.2) is 253 Å². The predicted octanol–water partition coefficient (Wildman–Crippen LogP) is 3.13. The van der Waals surface area contributed by atoms with Crippen LogP contribution in [0.1, 0.15) is 90.2 Å². The molecule has 8 heterocycles. The normalized spacial score (nSPS) is 15.1. The summed E-state index contributed by atoms with van der Waals surface area (Å²) in [5.74, 6) is -2.56. The molecule has 40 heteroatoms. The van der Waals surface area contributed by atoms with Crippen molar-refractivity contribution < 1.29 is 96.7 Å². The molecule has 2 aliphatic rings. The third-order valence-electron chi connectivity index (χ3n) is 18.6. The highest BCUT2D eigenvalue weighted by molar-refractivity contribution is 8.01. The fourth-order valence-corrected chi connectivity index (χ4v) is 14.8. The Balaban J connectivity index is 0.00000111. The van der Waals surface area contributed by atoms with Crippen LogP contribution in [0.2, 0.25) is 0 Å². The quantitative estimate of drug-likeness (QED) is 0.0150. The number of Topliss-reactive ketones (excluding diaryl/α,β-unsaturated/α-hetero) is 2. The minimum Gasteiger partial charge on any atom is -0.768 e. The van der Waals surface area contributed by atoms with Crippen LogP contribution in [0.3, 0.4) is 0 Å². The summed E-state index contributed by atoms with van der Waals surface area (Å²) in [4.78, 5) is 146. The van der Waals surface area contributed by atoms with E-state index in [0.717, 1.165) is 11.3 Å². The van der Waals surface area contributed by atoms with Gasteiger partial charge in [-0.2, -0.15) is 0 Å². The Morgan fingerprint density at radius 3 is 1.41 bits per heavy atom. The molecule has 2 aromatic carbocycles. The van der Waals surface area contributed by atoms with Gasteiger partial charge >= 0.3 is 23.3 Å². The molecule has 2 aliphatic heterocycles. The Morgan fingerprint density at radius 1 is 0.525 bits per heavy atom. The van der Waals surface area contributed by atoms with Crippen molar-refractivity contribution in [3.8, 4) is 11.4 Å². The first kappa shape index (κ1) is 99.3. The number of rotatable bonds is 48. The maximum atomic E-state index is 13.8. The molecule has 0 aliphatic carbocycles. The number of nitrogens with zero attached hydrogens (tertiary/aromatic N) is 8. The smallest absolute Gasteiger partial charge is 0.335 e. The lowest BCUT2D eigenvalue weighted by molar-refractivity contribution is -0.142. The third kappa shape index (κ3) is 32.1. The molecule has 6 aromatic heterocycles. The van der Waals surface area contributed by atoms with Crippen molar-refractivity contribution >= 4 is 117 Å². The van der Waals surface area contributed by atoms with Gasteiger partial charge in [0.1, 0.15) is 36.5 Å². The molecule has 0 radical (unpaired) electrons. The number of benzene rings is 2. The summed E-state index contributed by atoms with van der Waals surface area (Å²) in [6, 6.07) is 23.6. The number of carbonyl (C=O) groups excluding carboxylic acids is 6. The monoisotopic (exact) mass is 1740 g/mol. The molecule has 2 saturated heterocycles. The Hall–Kier alpha value is -9.50. The number of aliphatic carboxylic acids is 2. The number of aromatic nitrogens is 8.